The van der Waals surface area contributed by atoms with Gasteiger partial charge in [0.1, 0.15) is 0 Å². The molecule has 0 aliphatic heterocycles. The van der Waals surface area contributed by atoms with Gasteiger partial charge in [0.05, 0.1) is 5.92 Å². The molecule has 0 aromatic heterocycles. The summed E-state index contributed by atoms with van der Waals surface area (Å²) in [7, 11) is 0. The summed E-state index contributed by atoms with van der Waals surface area (Å²) in [6, 6.07) is 0. The summed E-state index contributed by atoms with van der Waals surface area (Å²) in [5.41, 5.74) is 0. The Morgan fingerprint density at radius 1 is 1.00 bits per heavy atom. The van der Waals surface area contributed by atoms with Gasteiger partial charge in [-0.3, -0.25) is 14.4 Å². The Morgan fingerprint density at radius 3 is 2.05 bits per heavy atom. The number of hydrogen-bond donors (Lipinski definition) is 3. The Kier molecular flexibility index (Phi) is 6.32. The van der Waals surface area contributed by atoms with Crippen LogP contribution in [0.1, 0.15) is 39.0 Å². The average molecular weight is 270 g/mol. The lowest BCUT2D eigenvalue weighted by atomic mass is 9.81. The molecule has 6 heteroatoms. The van der Waals surface area contributed by atoms with E-state index < -0.39 is 5.97 Å². The van der Waals surface area contributed by atoms with Gasteiger partial charge >= 0.3 is 5.97 Å². The van der Waals surface area contributed by atoms with E-state index in [1.807, 2.05) is 0 Å². The number of amides is 2. The van der Waals surface area contributed by atoms with E-state index in [9.17, 15) is 14.4 Å². The van der Waals surface area contributed by atoms with Crippen molar-refractivity contribution in [3.63, 3.8) is 0 Å². The molecule has 0 saturated heterocycles. The van der Waals surface area contributed by atoms with Crippen LogP contribution in [-0.4, -0.2) is 36.0 Å². The minimum Gasteiger partial charge on any atom is -0.481 e. The summed E-state index contributed by atoms with van der Waals surface area (Å²) in [4.78, 5) is 33.2. The number of aliphatic carboxylic acids is 1. The van der Waals surface area contributed by atoms with Gasteiger partial charge < -0.3 is 15.7 Å². The number of carboxylic acids is 1. The van der Waals surface area contributed by atoms with E-state index in [2.05, 4.69) is 10.6 Å². The maximum absolute atomic E-state index is 11.8. The highest BCUT2D eigenvalue weighted by Crippen LogP contribution is 2.28. The van der Waals surface area contributed by atoms with Crippen LogP contribution in [0.5, 0.6) is 0 Å². The number of carbonyl (C=O) groups excluding carboxylic acids is 2. The Balaban J connectivity index is 2.14. The minimum atomic E-state index is -0.755. The molecular formula is C13H22N2O4. The summed E-state index contributed by atoms with van der Waals surface area (Å²) in [5.74, 6) is -1.17. The zero-order valence-corrected chi connectivity index (χ0v) is 11.3. The van der Waals surface area contributed by atoms with Gasteiger partial charge in [-0.25, -0.2) is 0 Å². The molecule has 0 aromatic rings. The first kappa shape index (κ1) is 15.5. The van der Waals surface area contributed by atoms with E-state index in [0.29, 0.717) is 45.2 Å². The smallest absolute Gasteiger partial charge is 0.306 e. The fourth-order valence-electron chi connectivity index (χ4n) is 2.31. The standard InChI is InChI=1S/C13H22N2O4/c1-9(16)14-7-2-8-15-12(17)10-3-5-11(6-4-10)13(18)19/h10-11H,2-8H2,1H3,(H,14,16)(H,15,17)(H,18,19). The average Bonchev–Trinajstić information content (AvgIpc) is 2.37. The normalized spacial score (nSPS) is 22.6. The molecule has 0 unspecified atom stereocenters. The third-order valence-electron chi connectivity index (χ3n) is 3.47. The van der Waals surface area contributed by atoms with Crippen molar-refractivity contribution in [2.24, 2.45) is 11.8 Å². The molecule has 2 amide bonds. The second-order valence-corrected chi connectivity index (χ2v) is 5.01. The van der Waals surface area contributed by atoms with Gasteiger partial charge in [0, 0.05) is 25.9 Å². The van der Waals surface area contributed by atoms with E-state index in [-0.39, 0.29) is 23.7 Å². The molecule has 6 nitrogen and oxygen atoms in total. The van der Waals surface area contributed by atoms with Gasteiger partial charge in [-0.1, -0.05) is 0 Å². The van der Waals surface area contributed by atoms with Crippen molar-refractivity contribution in [2.75, 3.05) is 13.1 Å². The molecule has 108 valence electrons. The van der Waals surface area contributed by atoms with Crippen molar-refractivity contribution >= 4 is 17.8 Å². The Morgan fingerprint density at radius 2 is 1.53 bits per heavy atom. The van der Waals surface area contributed by atoms with Crippen molar-refractivity contribution in [1.82, 2.24) is 10.6 Å². The monoisotopic (exact) mass is 270 g/mol. The van der Waals surface area contributed by atoms with Crippen LogP contribution in [-0.2, 0) is 14.4 Å². The van der Waals surface area contributed by atoms with Gasteiger partial charge in [-0.05, 0) is 32.1 Å². The molecule has 0 heterocycles. The Hall–Kier alpha value is -1.59. The van der Waals surface area contributed by atoms with E-state index in [4.69, 9.17) is 5.11 Å². The number of hydrogen-bond acceptors (Lipinski definition) is 3. The molecule has 1 fully saturated rings. The molecule has 0 spiro atoms. The number of carbonyl (C=O) groups is 3. The molecule has 1 saturated carbocycles. The van der Waals surface area contributed by atoms with Crippen LogP contribution < -0.4 is 10.6 Å². The Labute approximate surface area is 112 Å². The van der Waals surface area contributed by atoms with Crippen molar-refractivity contribution in [3.05, 3.63) is 0 Å². The van der Waals surface area contributed by atoms with Crippen molar-refractivity contribution in [2.45, 2.75) is 39.0 Å². The van der Waals surface area contributed by atoms with Crippen LogP contribution >= 0.6 is 0 Å². The second kappa shape index (κ2) is 7.76. The summed E-state index contributed by atoms with van der Waals surface area (Å²) in [5, 5.41) is 14.4. The summed E-state index contributed by atoms with van der Waals surface area (Å²) < 4.78 is 0. The van der Waals surface area contributed by atoms with Crippen LogP contribution in [0.3, 0.4) is 0 Å². The molecule has 3 N–H and O–H groups in total. The highest BCUT2D eigenvalue weighted by atomic mass is 16.4. The van der Waals surface area contributed by atoms with Gasteiger partial charge in [0.2, 0.25) is 11.8 Å². The van der Waals surface area contributed by atoms with Gasteiger partial charge in [-0.15, -0.1) is 0 Å². The first-order chi connectivity index (χ1) is 9.00. The maximum Gasteiger partial charge on any atom is 0.306 e. The zero-order chi connectivity index (χ0) is 14.3. The summed E-state index contributed by atoms with van der Waals surface area (Å²) in [6.45, 7) is 2.55. The van der Waals surface area contributed by atoms with Crippen LogP contribution in [0.15, 0.2) is 0 Å². The predicted molar refractivity (Wildman–Crippen MR) is 69.4 cm³/mol. The lowest BCUT2D eigenvalue weighted by Crippen LogP contribution is -2.35. The predicted octanol–water partition coefficient (Wildman–Crippen LogP) is 0.520. The van der Waals surface area contributed by atoms with Crippen molar-refractivity contribution < 1.29 is 19.5 Å². The third-order valence-corrected chi connectivity index (χ3v) is 3.47. The lowest BCUT2D eigenvalue weighted by molar-refractivity contribution is -0.144. The van der Waals surface area contributed by atoms with Crippen LogP contribution in [0.2, 0.25) is 0 Å². The van der Waals surface area contributed by atoms with E-state index in [1.54, 1.807) is 0 Å². The van der Waals surface area contributed by atoms with Crippen LogP contribution in [0.25, 0.3) is 0 Å². The van der Waals surface area contributed by atoms with E-state index in [0.717, 1.165) is 0 Å². The lowest BCUT2D eigenvalue weighted by Gasteiger charge is -2.25. The SMILES string of the molecule is CC(=O)NCCCNC(=O)C1CCC(C(=O)O)CC1. The largest absolute Gasteiger partial charge is 0.481 e. The highest BCUT2D eigenvalue weighted by molar-refractivity contribution is 5.79. The molecule has 0 aromatic carbocycles. The fraction of sp³-hybridized carbons (Fsp3) is 0.769. The van der Waals surface area contributed by atoms with Crippen molar-refractivity contribution in [1.29, 1.82) is 0 Å². The van der Waals surface area contributed by atoms with Gasteiger partial charge in [0.25, 0.3) is 0 Å². The Bertz CT molecular complexity index is 336. The second-order valence-electron chi connectivity index (χ2n) is 5.01. The first-order valence-corrected chi connectivity index (χ1v) is 6.75. The van der Waals surface area contributed by atoms with Crippen molar-refractivity contribution in [3.8, 4) is 0 Å². The molecule has 19 heavy (non-hydrogen) atoms. The molecule has 1 rings (SSSR count). The van der Waals surface area contributed by atoms with Gasteiger partial charge in [0.15, 0.2) is 0 Å². The molecular weight excluding hydrogens is 248 g/mol. The zero-order valence-electron chi connectivity index (χ0n) is 11.3. The molecule has 0 atom stereocenters. The summed E-state index contributed by atoms with van der Waals surface area (Å²) in [6.07, 6.45) is 3.16. The minimum absolute atomic E-state index is 0.00617. The third kappa shape index (κ3) is 5.72. The molecule has 1 aliphatic carbocycles. The number of rotatable bonds is 6. The number of nitrogens with one attached hydrogen (secondary N) is 2. The number of carboxylic acid groups (broad SMARTS) is 1. The maximum atomic E-state index is 11.8. The first-order valence-electron chi connectivity index (χ1n) is 6.75. The molecule has 0 bridgehead atoms. The van der Waals surface area contributed by atoms with E-state index in [1.165, 1.54) is 6.92 Å². The topological polar surface area (TPSA) is 95.5 Å². The van der Waals surface area contributed by atoms with E-state index >= 15 is 0 Å². The van der Waals surface area contributed by atoms with Crippen LogP contribution in [0.4, 0.5) is 0 Å². The quantitative estimate of drug-likeness (QED) is 0.613. The van der Waals surface area contributed by atoms with Gasteiger partial charge in [-0.2, -0.15) is 0 Å². The fourth-order valence-corrected chi connectivity index (χ4v) is 2.31. The molecule has 1 aliphatic rings. The van der Waals surface area contributed by atoms with Crippen LogP contribution in [0, 0.1) is 11.8 Å². The highest BCUT2D eigenvalue weighted by Gasteiger charge is 2.29. The molecule has 0 radical (unpaired) electrons. The summed E-state index contributed by atoms with van der Waals surface area (Å²) >= 11 is 0.